The van der Waals surface area contributed by atoms with Gasteiger partial charge in [0.1, 0.15) is 0 Å². The van der Waals surface area contributed by atoms with Crippen LogP contribution in [0, 0.1) is 5.92 Å². The van der Waals surface area contributed by atoms with Crippen molar-refractivity contribution in [1.29, 1.82) is 0 Å². The Kier molecular flexibility index (Phi) is 10.8. The lowest BCUT2D eigenvalue weighted by Crippen LogP contribution is -2.51. The summed E-state index contributed by atoms with van der Waals surface area (Å²) in [5, 5.41) is 7.80. The van der Waals surface area contributed by atoms with Crippen LogP contribution in [0.15, 0.2) is 237 Å². The molecule has 4 heteroatoms. The maximum absolute atomic E-state index is 7.24. The van der Waals surface area contributed by atoms with Crippen molar-refractivity contribution < 1.29 is 0 Å². The maximum Gasteiger partial charge on any atom is 0.0901 e. The largest absolute Gasteiger partial charge is 0.355 e. The third kappa shape index (κ3) is 7.30. The number of allylic oxidation sites excluding steroid dienone is 4. The van der Waals surface area contributed by atoms with Crippen LogP contribution in [0.4, 0.5) is 11.4 Å². The minimum absolute atomic E-state index is 0.134. The van der Waals surface area contributed by atoms with Gasteiger partial charge in [-0.05, 0) is 86.8 Å². The van der Waals surface area contributed by atoms with E-state index in [0.29, 0.717) is 0 Å². The van der Waals surface area contributed by atoms with Crippen molar-refractivity contribution in [2.75, 3.05) is 5.32 Å². The first kappa shape index (κ1) is 41.0. The van der Waals surface area contributed by atoms with Crippen LogP contribution in [-0.2, 0) is 16.5 Å². The molecular weight excluding hydrogens is 777 g/mol. The van der Waals surface area contributed by atoms with Crippen LogP contribution in [0.2, 0.25) is 0 Å². The van der Waals surface area contributed by atoms with E-state index < -0.39 is 11.1 Å². The van der Waals surface area contributed by atoms with Gasteiger partial charge in [-0.3, -0.25) is 5.32 Å². The Morgan fingerprint density at radius 1 is 0.547 bits per heavy atom. The van der Waals surface area contributed by atoms with Gasteiger partial charge in [0.25, 0.3) is 0 Å². The van der Waals surface area contributed by atoms with Gasteiger partial charge in [-0.15, -0.1) is 0 Å². The molecular formula is C60H54N4. The van der Waals surface area contributed by atoms with Crippen molar-refractivity contribution in [2.45, 2.75) is 42.4 Å². The first-order valence-corrected chi connectivity index (χ1v) is 22.4. The zero-order valence-electron chi connectivity index (χ0n) is 36.4. The van der Waals surface area contributed by atoms with Crippen molar-refractivity contribution in [3.8, 4) is 22.3 Å². The summed E-state index contributed by atoms with van der Waals surface area (Å²) >= 11 is 0. The Bertz CT molecular complexity index is 2960. The predicted molar refractivity (Wildman–Crippen MR) is 266 cm³/mol. The number of nitrogens with two attached hydrogens (primary N) is 2. The number of fused-ring (bicyclic) bond motifs is 3. The molecule has 0 amide bonds. The van der Waals surface area contributed by atoms with E-state index in [0.717, 1.165) is 39.2 Å². The van der Waals surface area contributed by atoms with Crippen LogP contribution in [0.25, 0.3) is 22.3 Å². The molecule has 0 radical (unpaired) electrons. The summed E-state index contributed by atoms with van der Waals surface area (Å²) in [6.07, 6.45) is 9.30. The van der Waals surface area contributed by atoms with Crippen LogP contribution >= 0.6 is 0 Å². The van der Waals surface area contributed by atoms with Crippen molar-refractivity contribution in [3.63, 3.8) is 0 Å². The van der Waals surface area contributed by atoms with E-state index in [1.807, 2.05) is 43.3 Å². The summed E-state index contributed by atoms with van der Waals surface area (Å²) in [4.78, 5) is 0. The zero-order chi connectivity index (χ0) is 43.7. The normalized spacial score (nSPS) is 20.4. The SMILES string of the molecule is CC(N)(NC(c1cccc(Nc2cc(C3(c4ccccc4)c4ccccc4C4(C)C=CC=CC43)ccc2-c2cccc(-c3ccccc3)c2)c1)[C@@H](N)c1ccccc1)c1ccccc1. The highest BCUT2D eigenvalue weighted by molar-refractivity contribution is 5.85. The van der Waals surface area contributed by atoms with Gasteiger partial charge >= 0.3 is 0 Å². The molecule has 8 aromatic rings. The van der Waals surface area contributed by atoms with Crippen LogP contribution in [0.5, 0.6) is 0 Å². The van der Waals surface area contributed by atoms with Crippen LogP contribution in [0.3, 0.4) is 0 Å². The van der Waals surface area contributed by atoms with E-state index in [4.69, 9.17) is 11.5 Å². The van der Waals surface area contributed by atoms with Crippen LogP contribution in [-0.4, -0.2) is 0 Å². The summed E-state index contributed by atoms with van der Waals surface area (Å²) in [7, 11) is 0. The summed E-state index contributed by atoms with van der Waals surface area (Å²) in [5.41, 5.74) is 27.6. The third-order valence-corrected chi connectivity index (χ3v) is 13.8. The number of rotatable bonds is 12. The van der Waals surface area contributed by atoms with Crippen LogP contribution in [0.1, 0.15) is 64.9 Å². The summed E-state index contributed by atoms with van der Waals surface area (Å²) in [5.74, 6) is 0.134. The van der Waals surface area contributed by atoms with E-state index in [2.05, 4.69) is 218 Å². The molecule has 0 fully saturated rings. The third-order valence-electron chi connectivity index (χ3n) is 13.8. The quantitative estimate of drug-likeness (QED) is 0.0925. The minimum Gasteiger partial charge on any atom is -0.355 e. The molecule has 0 heterocycles. The second kappa shape index (κ2) is 16.9. The lowest BCUT2D eigenvalue weighted by atomic mass is 9.60. The monoisotopic (exact) mass is 830 g/mol. The molecule has 314 valence electrons. The molecule has 2 aliphatic rings. The second-order valence-corrected chi connectivity index (χ2v) is 17.8. The number of anilines is 2. The standard InChI is InChI=1S/C60H54N4/c1-58-38-18-17-35-55(58)60(48-30-13-6-14-31-48,53-34-16-15-33-52(53)58)49-36-37-51(45-26-19-25-44(39-45)42-21-7-3-8-22-42)54(41-49)63-50-32-20-27-46(40-50)57(56(61)43-23-9-4-10-24-43)64-59(2,62)47-28-11-5-12-29-47/h3-41,55-57,63-64H,61-62H2,1-2H3/t55?,56-,57?,58?,59?,60?/m0/s1. The summed E-state index contributed by atoms with van der Waals surface area (Å²) in [6.45, 7) is 4.42. The zero-order valence-corrected chi connectivity index (χ0v) is 36.4. The summed E-state index contributed by atoms with van der Waals surface area (Å²) < 4.78 is 0. The van der Waals surface area contributed by atoms with Crippen molar-refractivity contribution in [3.05, 3.63) is 276 Å². The fourth-order valence-electron chi connectivity index (χ4n) is 10.6. The Morgan fingerprint density at radius 2 is 1.16 bits per heavy atom. The Hall–Kier alpha value is -7.08. The molecule has 6 atom stereocenters. The Balaban J connectivity index is 1.14. The summed E-state index contributed by atoms with van der Waals surface area (Å²) in [6, 6.07) is 75.2. The first-order valence-electron chi connectivity index (χ1n) is 22.4. The molecule has 0 saturated heterocycles. The lowest BCUT2D eigenvalue weighted by molar-refractivity contribution is 0.298. The fraction of sp³-hybridized carbons (Fsp3) is 0.133. The highest BCUT2D eigenvalue weighted by atomic mass is 15.1. The smallest absolute Gasteiger partial charge is 0.0901 e. The second-order valence-electron chi connectivity index (χ2n) is 17.8. The number of nitrogens with one attached hydrogen (secondary N) is 2. The van der Waals surface area contributed by atoms with E-state index in [1.54, 1.807) is 0 Å². The Morgan fingerprint density at radius 3 is 1.91 bits per heavy atom. The van der Waals surface area contributed by atoms with E-state index in [9.17, 15) is 0 Å². The van der Waals surface area contributed by atoms with Gasteiger partial charge in [0.05, 0.1) is 17.1 Å². The lowest BCUT2D eigenvalue weighted by Gasteiger charge is -2.42. The molecule has 0 saturated carbocycles. The molecule has 5 unspecified atom stereocenters. The average Bonchev–Trinajstić information content (AvgIpc) is 3.59. The van der Waals surface area contributed by atoms with Gasteiger partial charge in [0, 0.05) is 34.3 Å². The molecule has 0 aromatic heterocycles. The Labute approximate surface area is 378 Å². The van der Waals surface area contributed by atoms with Crippen molar-refractivity contribution in [2.24, 2.45) is 17.4 Å². The number of hydrogen-bond acceptors (Lipinski definition) is 4. The minimum atomic E-state index is -0.867. The maximum atomic E-state index is 7.24. The molecule has 4 nitrogen and oxygen atoms in total. The first-order chi connectivity index (χ1) is 31.3. The molecule has 10 rings (SSSR count). The molecule has 6 N–H and O–H groups in total. The van der Waals surface area contributed by atoms with E-state index >= 15 is 0 Å². The molecule has 2 aliphatic carbocycles. The molecule has 0 aliphatic heterocycles. The predicted octanol–water partition coefficient (Wildman–Crippen LogP) is 13.3. The molecule has 0 spiro atoms. The van der Waals surface area contributed by atoms with Gasteiger partial charge < -0.3 is 16.8 Å². The van der Waals surface area contributed by atoms with Crippen molar-refractivity contribution >= 4 is 11.4 Å². The van der Waals surface area contributed by atoms with Gasteiger partial charge in [-0.25, -0.2) is 0 Å². The number of benzene rings is 8. The fourth-order valence-corrected chi connectivity index (χ4v) is 10.6. The van der Waals surface area contributed by atoms with Crippen molar-refractivity contribution in [1.82, 2.24) is 5.32 Å². The van der Waals surface area contributed by atoms with Crippen LogP contribution < -0.4 is 22.1 Å². The van der Waals surface area contributed by atoms with E-state index in [1.165, 1.54) is 33.4 Å². The molecule has 0 bridgehead atoms. The molecule has 64 heavy (non-hydrogen) atoms. The van der Waals surface area contributed by atoms with Gasteiger partial charge in [-0.2, -0.15) is 0 Å². The highest BCUT2D eigenvalue weighted by Crippen LogP contribution is 2.62. The molecule has 8 aromatic carbocycles. The number of hydrogen-bond donors (Lipinski definition) is 4. The van der Waals surface area contributed by atoms with E-state index in [-0.39, 0.29) is 23.4 Å². The average molecular weight is 831 g/mol. The van der Waals surface area contributed by atoms with Gasteiger partial charge in [0.15, 0.2) is 0 Å². The topological polar surface area (TPSA) is 76.1 Å². The van der Waals surface area contributed by atoms with Gasteiger partial charge in [0.2, 0.25) is 0 Å². The van der Waals surface area contributed by atoms with Gasteiger partial charge in [-0.1, -0.05) is 219 Å². The highest BCUT2D eigenvalue weighted by Gasteiger charge is 2.58.